The molecule has 0 spiro atoms. The fourth-order valence-corrected chi connectivity index (χ4v) is 3.40. The molecule has 148 valence electrons. The van der Waals surface area contributed by atoms with Gasteiger partial charge in [-0.25, -0.2) is 19.7 Å². The first kappa shape index (κ1) is 19.1. The average Bonchev–Trinajstić information content (AvgIpc) is 2.71. The van der Waals surface area contributed by atoms with Gasteiger partial charge in [-0.3, -0.25) is 0 Å². The van der Waals surface area contributed by atoms with E-state index in [0.717, 1.165) is 27.9 Å². The zero-order valence-electron chi connectivity index (χ0n) is 16.4. The summed E-state index contributed by atoms with van der Waals surface area (Å²) in [7, 11) is 1.68. The molecule has 0 radical (unpaired) electrons. The largest absolute Gasteiger partial charge is 0.486 e. The maximum atomic E-state index is 12.1. The van der Waals surface area contributed by atoms with Crippen LogP contribution in [-0.4, -0.2) is 19.6 Å². The van der Waals surface area contributed by atoms with Crippen molar-refractivity contribution in [2.75, 3.05) is 0 Å². The lowest BCUT2D eigenvalue weighted by Crippen LogP contribution is -2.40. The number of nitrogens with one attached hydrogen (secondary N) is 1. The van der Waals surface area contributed by atoms with Crippen molar-refractivity contribution in [3.05, 3.63) is 86.9 Å². The molecule has 2 aromatic carbocycles. The summed E-state index contributed by atoms with van der Waals surface area (Å²) in [5, 5.41) is 3.41. The summed E-state index contributed by atoms with van der Waals surface area (Å²) in [6, 6.07) is 17.4. The van der Waals surface area contributed by atoms with Crippen LogP contribution in [0.5, 0.6) is 5.75 Å². The van der Waals surface area contributed by atoms with E-state index in [9.17, 15) is 4.79 Å². The molecule has 0 bridgehead atoms. The Morgan fingerprint density at radius 3 is 2.55 bits per heavy atom. The summed E-state index contributed by atoms with van der Waals surface area (Å²) < 4.78 is 9.04. The number of aryl methyl sites for hydroxylation is 3. The first-order chi connectivity index (χ1) is 13.9. The number of halogens is 1. The zero-order valence-corrected chi connectivity index (χ0v) is 17.2. The van der Waals surface area contributed by atoms with E-state index in [1.54, 1.807) is 13.1 Å². The smallest absolute Gasteiger partial charge is 0.364 e. The fraction of sp³-hybridized carbons (Fsp3) is 0.182. The predicted molar refractivity (Wildman–Crippen MR) is 114 cm³/mol. The minimum absolute atomic E-state index is 0.130. The Kier molecular flexibility index (Phi) is 5.03. The SMILES string of the molecule is Cc1cc(-c2cccc(Cl)n2)ccc1COc1c(C)cccc1-n1[nH]n(C)c1=O. The quantitative estimate of drug-likeness (QED) is 0.497. The van der Waals surface area contributed by atoms with Crippen LogP contribution in [0.2, 0.25) is 5.15 Å². The first-order valence-corrected chi connectivity index (χ1v) is 9.61. The molecule has 7 heteroatoms. The van der Waals surface area contributed by atoms with Crippen molar-refractivity contribution in [3.63, 3.8) is 0 Å². The number of ether oxygens (including phenoxy) is 1. The molecule has 6 nitrogen and oxygen atoms in total. The third-order valence-corrected chi connectivity index (χ3v) is 5.10. The van der Waals surface area contributed by atoms with Crippen LogP contribution in [0.3, 0.4) is 0 Å². The van der Waals surface area contributed by atoms with Crippen LogP contribution in [-0.2, 0) is 13.7 Å². The van der Waals surface area contributed by atoms with E-state index in [0.29, 0.717) is 23.2 Å². The Morgan fingerprint density at radius 2 is 1.86 bits per heavy atom. The Balaban J connectivity index is 1.59. The van der Waals surface area contributed by atoms with Crippen LogP contribution in [0.4, 0.5) is 0 Å². The maximum absolute atomic E-state index is 12.1. The predicted octanol–water partition coefficient (Wildman–Crippen LogP) is 4.42. The van der Waals surface area contributed by atoms with Gasteiger partial charge in [0.1, 0.15) is 23.2 Å². The van der Waals surface area contributed by atoms with Gasteiger partial charge in [0.25, 0.3) is 0 Å². The highest BCUT2D eigenvalue weighted by Crippen LogP contribution is 2.28. The van der Waals surface area contributed by atoms with Crippen molar-refractivity contribution in [1.29, 1.82) is 0 Å². The van der Waals surface area contributed by atoms with Crippen molar-refractivity contribution < 1.29 is 4.74 Å². The van der Waals surface area contributed by atoms with E-state index >= 15 is 0 Å². The summed E-state index contributed by atoms with van der Waals surface area (Å²) in [5.41, 5.74) is 5.52. The Hall–Kier alpha value is -3.25. The highest BCUT2D eigenvalue weighted by Gasteiger charge is 2.15. The highest BCUT2D eigenvalue weighted by molar-refractivity contribution is 6.29. The minimum Gasteiger partial charge on any atom is -0.486 e. The highest BCUT2D eigenvalue weighted by atomic mass is 35.5. The van der Waals surface area contributed by atoms with Crippen molar-refractivity contribution in [2.24, 2.45) is 7.05 Å². The van der Waals surface area contributed by atoms with Crippen LogP contribution in [0.1, 0.15) is 16.7 Å². The van der Waals surface area contributed by atoms with Gasteiger partial charge >= 0.3 is 5.69 Å². The molecule has 4 rings (SSSR count). The van der Waals surface area contributed by atoms with Crippen molar-refractivity contribution in [1.82, 2.24) is 19.6 Å². The van der Waals surface area contributed by atoms with E-state index in [-0.39, 0.29) is 5.69 Å². The van der Waals surface area contributed by atoms with Gasteiger partial charge in [-0.15, -0.1) is 0 Å². The van der Waals surface area contributed by atoms with Crippen LogP contribution in [0.25, 0.3) is 16.9 Å². The van der Waals surface area contributed by atoms with Gasteiger partial charge in [0.05, 0.1) is 5.69 Å². The summed E-state index contributed by atoms with van der Waals surface area (Å²) in [5.74, 6) is 0.682. The second-order valence-electron chi connectivity index (χ2n) is 6.98. The molecule has 0 unspecified atom stereocenters. The number of pyridine rings is 1. The lowest BCUT2D eigenvalue weighted by molar-refractivity contribution is 0.298. The Labute approximate surface area is 173 Å². The van der Waals surface area contributed by atoms with Crippen LogP contribution in [0, 0.1) is 13.8 Å². The van der Waals surface area contributed by atoms with Crippen LogP contribution >= 0.6 is 11.6 Å². The Morgan fingerprint density at radius 1 is 1.07 bits per heavy atom. The van der Waals surface area contributed by atoms with Gasteiger partial charge in [-0.1, -0.05) is 41.9 Å². The minimum atomic E-state index is -0.130. The molecule has 0 saturated heterocycles. The third-order valence-electron chi connectivity index (χ3n) is 4.89. The second-order valence-corrected chi connectivity index (χ2v) is 7.36. The van der Waals surface area contributed by atoms with Gasteiger partial charge in [-0.2, -0.15) is 4.68 Å². The van der Waals surface area contributed by atoms with E-state index in [2.05, 4.69) is 16.3 Å². The first-order valence-electron chi connectivity index (χ1n) is 9.23. The number of para-hydroxylation sites is 1. The van der Waals surface area contributed by atoms with E-state index in [4.69, 9.17) is 16.3 Å². The molecule has 4 aromatic rings. The van der Waals surface area contributed by atoms with Crippen LogP contribution in [0.15, 0.2) is 59.4 Å². The van der Waals surface area contributed by atoms with Crippen molar-refractivity contribution >= 4 is 11.6 Å². The summed E-state index contributed by atoms with van der Waals surface area (Å²) in [6.07, 6.45) is 0. The van der Waals surface area contributed by atoms with E-state index < -0.39 is 0 Å². The van der Waals surface area contributed by atoms with Gasteiger partial charge in [-0.05, 0) is 54.8 Å². The van der Waals surface area contributed by atoms with E-state index in [1.165, 1.54) is 9.36 Å². The number of aromatic amines is 1. The standard InChI is InChI=1S/C22H21ClN4O2/c1-14-6-4-8-19(27-22(28)26(3)25-27)21(14)29-13-17-11-10-16(12-15(17)2)18-7-5-9-20(23)24-18/h4-12,25H,13H2,1-3H3. The number of rotatable bonds is 5. The lowest BCUT2D eigenvalue weighted by Gasteiger charge is -2.19. The molecule has 0 saturated carbocycles. The molecular weight excluding hydrogens is 388 g/mol. The van der Waals surface area contributed by atoms with E-state index in [1.807, 2.05) is 56.3 Å². The molecule has 0 aliphatic heterocycles. The van der Waals surface area contributed by atoms with Crippen molar-refractivity contribution in [3.8, 4) is 22.7 Å². The second kappa shape index (κ2) is 7.64. The number of hydrogen-bond acceptors (Lipinski definition) is 3. The molecule has 2 heterocycles. The van der Waals surface area contributed by atoms with Gasteiger partial charge in [0, 0.05) is 12.6 Å². The number of benzene rings is 2. The number of nitrogens with zero attached hydrogens (tertiary/aromatic N) is 3. The lowest BCUT2D eigenvalue weighted by atomic mass is 10.0. The summed E-state index contributed by atoms with van der Waals surface area (Å²) in [4.78, 5) is 16.4. The zero-order chi connectivity index (χ0) is 20.5. The van der Waals surface area contributed by atoms with Gasteiger partial charge < -0.3 is 4.74 Å². The van der Waals surface area contributed by atoms with Crippen molar-refractivity contribution in [2.45, 2.75) is 20.5 Å². The average molecular weight is 409 g/mol. The molecule has 0 aliphatic rings. The molecule has 29 heavy (non-hydrogen) atoms. The maximum Gasteiger partial charge on any atom is 0.364 e. The number of hydrogen-bond donors (Lipinski definition) is 1. The number of H-pyrrole nitrogens is 1. The summed E-state index contributed by atoms with van der Waals surface area (Å²) >= 11 is 6.01. The number of aromatic nitrogens is 4. The normalized spacial score (nSPS) is 11.0. The molecule has 1 N–H and O–H groups in total. The topological polar surface area (TPSA) is 64.8 Å². The third kappa shape index (κ3) is 3.71. The van der Waals surface area contributed by atoms with Crippen LogP contribution < -0.4 is 10.4 Å². The monoisotopic (exact) mass is 408 g/mol. The molecule has 0 aliphatic carbocycles. The molecule has 0 atom stereocenters. The van der Waals surface area contributed by atoms with Gasteiger partial charge in [0.2, 0.25) is 0 Å². The fourth-order valence-electron chi connectivity index (χ4n) is 3.23. The molecule has 0 fully saturated rings. The molecule has 0 amide bonds. The van der Waals surface area contributed by atoms with Gasteiger partial charge in [0.15, 0.2) is 0 Å². The summed E-state index contributed by atoms with van der Waals surface area (Å²) in [6.45, 7) is 4.40. The Bertz CT molecular complexity index is 1240. The molecular formula is C22H21ClN4O2. The molecule has 2 aromatic heterocycles.